The number of H-pyrrole nitrogens is 1. The molecular weight excluding hydrogens is 481 g/mol. The van der Waals surface area contributed by atoms with E-state index < -0.39 is 11.4 Å². The second kappa shape index (κ2) is 8.49. The Morgan fingerprint density at radius 3 is 2.71 bits per heavy atom. The summed E-state index contributed by atoms with van der Waals surface area (Å²) in [6.45, 7) is -0.305. The molecule has 8 heteroatoms. The largest absolute Gasteiger partial charge is 0.392 e. The molecule has 0 unspecified atom stereocenters. The van der Waals surface area contributed by atoms with Crippen LogP contribution in [0.2, 0.25) is 0 Å². The van der Waals surface area contributed by atoms with E-state index in [1.54, 1.807) is 29.2 Å². The first-order valence-corrected chi connectivity index (χ1v) is 12.6. The van der Waals surface area contributed by atoms with Crippen molar-refractivity contribution in [1.82, 2.24) is 24.3 Å². The van der Waals surface area contributed by atoms with Gasteiger partial charge in [0.2, 0.25) is 0 Å². The molecule has 1 saturated carbocycles. The number of aliphatic hydroxyl groups is 1. The summed E-state index contributed by atoms with van der Waals surface area (Å²) < 4.78 is 18.3. The summed E-state index contributed by atoms with van der Waals surface area (Å²) in [5.41, 5.74) is 5.50. The fourth-order valence-electron chi connectivity index (χ4n) is 5.37. The molecule has 0 amide bonds. The van der Waals surface area contributed by atoms with E-state index in [1.807, 2.05) is 49.6 Å². The molecule has 4 aromatic heterocycles. The highest BCUT2D eigenvalue weighted by molar-refractivity contribution is 5.97. The van der Waals surface area contributed by atoms with Gasteiger partial charge in [-0.3, -0.25) is 14.0 Å². The van der Waals surface area contributed by atoms with Crippen LogP contribution < -0.4 is 5.56 Å². The van der Waals surface area contributed by atoms with Crippen molar-refractivity contribution in [3.63, 3.8) is 0 Å². The molecule has 4 heterocycles. The summed E-state index contributed by atoms with van der Waals surface area (Å²) in [5.74, 6) is -0.117. The quantitative estimate of drug-likeness (QED) is 0.326. The first-order chi connectivity index (χ1) is 18.5. The maximum Gasteiger partial charge on any atom is 0.265 e. The number of rotatable bonds is 5. The molecule has 2 aromatic carbocycles. The van der Waals surface area contributed by atoms with Gasteiger partial charge in [-0.2, -0.15) is 5.10 Å². The van der Waals surface area contributed by atoms with E-state index in [0.717, 1.165) is 46.3 Å². The molecule has 0 radical (unpaired) electrons. The molecule has 1 aliphatic rings. The minimum absolute atomic E-state index is 0.0585. The highest BCUT2D eigenvalue weighted by Crippen LogP contribution is 2.41. The van der Waals surface area contributed by atoms with Crippen LogP contribution in [0.25, 0.3) is 50.0 Å². The van der Waals surface area contributed by atoms with Crippen molar-refractivity contribution < 1.29 is 9.50 Å². The number of aromatic amines is 1. The number of pyridine rings is 2. The molecule has 38 heavy (non-hydrogen) atoms. The van der Waals surface area contributed by atoms with Crippen molar-refractivity contribution in [2.45, 2.75) is 25.4 Å². The normalized spacial score (nSPS) is 13.6. The highest BCUT2D eigenvalue weighted by atomic mass is 19.1. The Labute approximate surface area is 216 Å². The van der Waals surface area contributed by atoms with Crippen LogP contribution in [0.4, 0.5) is 4.39 Å². The molecule has 0 atom stereocenters. The van der Waals surface area contributed by atoms with E-state index in [-0.39, 0.29) is 12.0 Å². The molecule has 1 aliphatic carbocycles. The lowest BCUT2D eigenvalue weighted by molar-refractivity contribution is 0.282. The Balaban J connectivity index is 1.40. The lowest BCUT2D eigenvalue weighted by atomic mass is 9.96. The minimum Gasteiger partial charge on any atom is -0.392 e. The summed E-state index contributed by atoms with van der Waals surface area (Å²) in [6.07, 6.45) is 7.36. The van der Waals surface area contributed by atoms with Crippen molar-refractivity contribution >= 4 is 21.8 Å². The smallest absolute Gasteiger partial charge is 0.265 e. The van der Waals surface area contributed by atoms with Crippen molar-refractivity contribution in [2.75, 3.05) is 0 Å². The SMILES string of the molecule is Cn1ccc(-c2cc3c(-c4cccc(-n5ccc6cc(C7CC7)cc(F)c6c5=O)c4CO)ccnc3[nH]2)n1. The van der Waals surface area contributed by atoms with Gasteiger partial charge in [-0.25, -0.2) is 9.37 Å². The third-order valence-corrected chi connectivity index (χ3v) is 7.41. The lowest BCUT2D eigenvalue weighted by Gasteiger charge is -2.16. The van der Waals surface area contributed by atoms with Gasteiger partial charge < -0.3 is 10.1 Å². The predicted molar refractivity (Wildman–Crippen MR) is 145 cm³/mol. The van der Waals surface area contributed by atoms with E-state index in [9.17, 15) is 9.90 Å². The highest BCUT2D eigenvalue weighted by Gasteiger charge is 2.25. The molecule has 0 saturated heterocycles. The number of aliphatic hydroxyl groups excluding tert-OH is 1. The number of hydrogen-bond donors (Lipinski definition) is 2. The van der Waals surface area contributed by atoms with Crippen molar-refractivity contribution in [2.24, 2.45) is 7.05 Å². The summed E-state index contributed by atoms with van der Waals surface area (Å²) in [6, 6.07) is 16.5. The monoisotopic (exact) mass is 505 g/mol. The van der Waals surface area contributed by atoms with Gasteiger partial charge in [0.15, 0.2) is 0 Å². The lowest BCUT2D eigenvalue weighted by Crippen LogP contribution is -2.20. The molecule has 7 rings (SSSR count). The summed E-state index contributed by atoms with van der Waals surface area (Å²) in [5, 5.41) is 16.5. The molecule has 6 aromatic rings. The van der Waals surface area contributed by atoms with Gasteiger partial charge in [-0.05, 0) is 77.2 Å². The zero-order valence-electron chi connectivity index (χ0n) is 20.6. The summed E-state index contributed by atoms with van der Waals surface area (Å²) in [4.78, 5) is 21.4. The zero-order chi connectivity index (χ0) is 26.0. The fourth-order valence-corrected chi connectivity index (χ4v) is 5.37. The average Bonchev–Trinajstić information content (AvgIpc) is 3.54. The van der Waals surface area contributed by atoms with Crippen LogP contribution >= 0.6 is 0 Å². The number of benzene rings is 2. The fraction of sp³-hybridized carbons (Fsp3) is 0.167. The Hall–Kier alpha value is -4.56. The van der Waals surface area contributed by atoms with Gasteiger partial charge in [0.25, 0.3) is 5.56 Å². The third-order valence-electron chi connectivity index (χ3n) is 7.41. The predicted octanol–water partition coefficient (Wildman–Crippen LogP) is 5.44. The summed E-state index contributed by atoms with van der Waals surface area (Å²) >= 11 is 0. The van der Waals surface area contributed by atoms with E-state index in [0.29, 0.717) is 28.2 Å². The molecule has 7 nitrogen and oxygen atoms in total. The van der Waals surface area contributed by atoms with Crippen LogP contribution in [0.1, 0.15) is 29.9 Å². The first kappa shape index (κ1) is 22.6. The summed E-state index contributed by atoms with van der Waals surface area (Å²) in [7, 11) is 1.86. The molecule has 188 valence electrons. The zero-order valence-corrected chi connectivity index (χ0v) is 20.6. The van der Waals surface area contributed by atoms with E-state index >= 15 is 4.39 Å². The van der Waals surface area contributed by atoms with Crippen molar-refractivity contribution in [3.8, 4) is 28.2 Å². The maximum atomic E-state index is 15.2. The third kappa shape index (κ3) is 3.56. The van der Waals surface area contributed by atoms with Crippen molar-refractivity contribution in [3.05, 3.63) is 100 Å². The van der Waals surface area contributed by atoms with E-state index in [4.69, 9.17) is 0 Å². The van der Waals surface area contributed by atoms with Crippen molar-refractivity contribution in [1.29, 1.82) is 0 Å². The van der Waals surface area contributed by atoms with Crippen LogP contribution in [0.15, 0.2) is 78.0 Å². The van der Waals surface area contributed by atoms with Crippen LogP contribution in [-0.2, 0) is 13.7 Å². The Morgan fingerprint density at radius 1 is 1.08 bits per heavy atom. The maximum absolute atomic E-state index is 15.2. The molecule has 0 spiro atoms. The van der Waals surface area contributed by atoms with E-state index in [1.165, 1.54) is 10.6 Å². The van der Waals surface area contributed by atoms with Gasteiger partial charge in [0, 0.05) is 36.6 Å². The number of nitrogens with zero attached hydrogens (tertiary/aromatic N) is 4. The average molecular weight is 506 g/mol. The second-order valence-electron chi connectivity index (χ2n) is 9.87. The Kier molecular flexibility index (Phi) is 5.06. The van der Waals surface area contributed by atoms with Crippen LogP contribution in [-0.4, -0.2) is 29.4 Å². The number of aromatic nitrogens is 5. The molecular formula is C30H24FN5O2. The van der Waals surface area contributed by atoms with Gasteiger partial charge in [-0.1, -0.05) is 18.2 Å². The van der Waals surface area contributed by atoms with E-state index in [2.05, 4.69) is 15.1 Å². The standard InChI is InChI=1S/C30H24FN5O2/c1-35-11-9-25(34-35)26-15-22-21(7-10-32-29(22)33-26)20-3-2-4-27(23(20)16-37)36-12-8-18-13-19(17-5-6-17)14-24(31)28(18)30(36)38/h2-4,7-15,17,37H,5-6,16H2,1H3,(H,32,33). The van der Waals surface area contributed by atoms with Gasteiger partial charge in [0.1, 0.15) is 17.2 Å². The number of hydrogen-bond acceptors (Lipinski definition) is 4. The molecule has 1 fully saturated rings. The number of fused-ring (bicyclic) bond motifs is 2. The number of halogens is 1. The van der Waals surface area contributed by atoms with Crippen LogP contribution in [0, 0.1) is 5.82 Å². The molecule has 2 N–H and O–H groups in total. The van der Waals surface area contributed by atoms with Gasteiger partial charge in [0.05, 0.1) is 23.4 Å². The number of aryl methyl sites for hydroxylation is 1. The molecule has 0 aliphatic heterocycles. The molecule has 0 bridgehead atoms. The van der Waals surface area contributed by atoms with Crippen LogP contribution in [0.3, 0.4) is 0 Å². The van der Waals surface area contributed by atoms with Crippen LogP contribution in [0.5, 0.6) is 0 Å². The first-order valence-electron chi connectivity index (χ1n) is 12.6. The van der Waals surface area contributed by atoms with Gasteiger partial charge in [-0.15, -0.1) is 0 Å². The second-order valence-corrected chi connectivity index (χ2v) is 9.87. The Morgan fingerprint density at radius 2 is 1.95 bits per heavy atom. The number of nitrogens with one attached hydrogen (secondary N) is 1. The minimum atomic E-state index is -0.504. The Bertz CT molecular complexity index is 1930. The topological polar surface area (TPSA) is 88.7 Å². The van der Waals surface area contributed by atoms with Gasteiger partial charge >= 0.3 is 0 Å².